The highest BCUT2D eigenvalue weighted by atomic mass is 16.4. The van der Waals surface area contributed by atoms with Gasteiger partial charge in [-0.25, -0.2) is 4.79 Å². The fraction of sp³-hybridized carbons (Fsp3) is 0.214. The lowest BCUT2D eigenvalue weighted by atomic mass is 10.1. The fourth-order valence-corrected chi connectivity index (χ4v) is 1.96. The van der Waals surface area contributed by atoms with Gasteiger partial charge in [-0.3, -0.25) is 9.59 Å². The second kappa shape index (κ2) is 6.19. The molecule has 0 fully saturated rings. The Morgan fingerprint density at radius 3 is 2.67 bits per heavy atom. The molecule has 21 heavy (non-hydrogen) atoms. The number of hydrogen-bond acceptors (Lipinski definition) is 4. The van der Waals surface area contributed by atoms with Gasteiger partial charge in [0.25, 0.3) is 11.5 Å². The van der Waals surface area contributed by atoms with Crippen LogP contribution in [0.25, 0.3) is 10.8 Å². The molecule has 0 unspecified atom stereocenters. The number of nitrogens with one attached hydrogen (secondary N) is 2. The molecule has 0 saturated carbocycles. The molecule has 0 spiro atoms. The van der Waals surface area contributed by atoms with Crippen molar-refractivity contribution in [2.75, 3.05) is 6.61 Å². The van der Waals surface area contributed by atoms with Crippen molar-refractivity contribution in [1.29, 1.82) is 0 Å². The van der Waals surface area contributed by atoms with Gasteiger partial charge in [-0.1, -0.05) is 18.2 Å². The van der Waals surface area contributed by atoms with Gasteiger partial charge in [-0.05, 0) is 17.5 Å². The number of hydrogen-bond donors (Lipinski definition) is 4. The summed E-state index contributed by atoms with van der Waals surface area (Å²) in [5.74, 6) is -1.96. The molecule has 1 aromatic heterocycles. The zero-order valence-electron chi connectivity index (χ0n) is 11.0. The largest absolute Gasteiger partial charge is 0.480 e. The third-order valence-electron chi connectivity index (χ3n) is 3.02. The van der Waals surface area contributed by atoms with Gasteiger partial charge in [0.1, 0.15) is 11.7 Å². The molecule has 7 heteroatoms. The minimum Gasteiger partial charge on any atom is -0.480 e. The number of carboxylic acid groups (broad SMARTS) is 1. The van der Waals surface area contributed by atoms with Crippen LogP contribution in [0.3, 0.4) is 0 Å². The van der Waals surface area contributed by atoms with Crippen molar-refractivity contribution in [2.45, 2.75) is 12.5 Å². The number of aliphatic hydroxyl groups excluding tert-OH is 1. The first-order valence-electron chi connectivity index (χ1n) is 6.29. The van der Waals surface area contributed by atoms with Gasteiger partial charge < -0.3 is 20.5 Å². The fourth-order valence-electron chi connectivity index (χ4n) is 1.96. The Morgan fingerprint density at radius 1 is 1.29 bits per heavy atom. The molecule has 2 rings (SSSR count). The van der Waals surface area contributed by atoms with Crippen molar-refractivity contribution in [3.05, 3.63) is 46.4 Å². The van der Waals surface area contributed by atoms with E-state index in [9.17, 15) is 14.4 Å². The number of benzene rings is 1. The predicted octanol–water partition coefficient (Wildman–Crippen LogP) is 0.0935. The van der Waals surface area contributed by atoms with E-state index >= 15 is 0 Å². The minimum atomic E-state index is -1.25. The van der Waals surface area contributed by atoms with Crippen LogP contribution < -0.4 is 10.9 Å². The Labute approximate surface area is 119 Å². The first-order chi connectivity index (χ1) is 10.0. The number of aromatic nitrogens is 1. The average molecular weight is 290 g/mol. The van der Waals surface area contributed by atoms with Crippen LogP contribution in [0, 0.1) is 0 Å². The van der Waals surface area contributed by atoms with E-state index < -0.39 is 23.5 Å². The van der Waals surface area contributed by atoms with Crippen molar-refractivity contribution in [2.24, 2.45) is 0 Å². The molecule has 2 aromatic rings. The number of H-pyrrole nitrogens is 1. The topological polar surface area (TPSA) is 119 Å². The van der Waals surface area contributed by atoms with E-state index in [0.29, 0.717) is 10.8 Å². The summed E-state index contributed by atoms with van der Waals surface area (Å²) < 4.78 is 0. The van der Waals surface area contributed by atoms with Crippen molar-refractivity contribution in [3.63, 3.8) is 0 Å². The van der Waals surface area contributed by atoms with Crippen LogP contribution in [0.15, 0.2) is 35.1 Å². The summed E-state index contributed by atoms with van der Waals surface area (Å²) in [6.45, 7) is -0.370. The average Bonchev–Trinajstić information content (AvgIpc) is 2.46. The first-order valence-corrected chi connectivity index (χ1v) is 6.29. The number of amides is 1. The van der Waals surface area contributed by atoms with Crippen LogP contribution in [0.1, 0.15) is 16.9 Å². The van der Waals surface area contributed by atoms with Crippen molar-refractivity contribution < 1.29 is 19.8 Å². The molecule has 0 bridgehead atoms. The second-order valence-electron chi connectivity index (χ2n) is 4.48. The molecule has 1 aromatic carbocycles. The number of aliphatic carboxylic acids is 1. The number of carbonyl (C=O) groups is 2. The number of carbonyl (C=O) groups excluding carboxylic acids is 1. The zero-order valence-corrected chi connectivity index (χ0v) is 11.0. The quantitative estimate of drug-likeness (QED) is 0.622. The van der Waals surface area contributed by atoms with Crippen molar-refractivity contribution in [1.82, 2.24) is 10.3 Å². The van der Waals surface area contributed by atoms with E-state index in [1.807, 2.05) is 0 Å². The van der Waals surface area contributed by atoms with Crippen LogP contribution in [-0.2, 0) is 4.79 Å². The summed E-state index contributed by atoms with van der Waals surface area (Å²) in [6, 6.07) is 7.02. The highest BCUT2D eigenvalue weighted by Crippen LogP contribution is 2.10. The predicted molar refractivity (Wildman–Crippen MR) is 75.2 cm³/mol. The van der Waals surface area contributed by atoms with Gasteiger partial charge in [0.05, 0.1) is 0 Å². The molecule has 0 aliphatic heterocycles. The molecule has 1 atom stereocenters. The number of fused-ring (bicyclic) bond motifs is 1. The third-order valence-corrected chi connectivity index (χ3v) is 3.02. The van der Waals surface area contributed by atoms with E-state index in [1.54, 1.807) is 24.3 Å². The van der Waals surface area contributed by atoms with Gasteiger partial charge in [-0.2, -0.15) is 0 Å². The molecule has 110 valence electrons. The van der Waals surface area contributed by atoms with Crippen molar-refractivity contribution >= 4 is 22.6 Å². The lowest BCUT2D eigenvalue weighted by Gasteiger charge is -2.13. The summed E-state index contributed by atoms with van der Waals surface area (Å²) >= 11 is 0. The summed E-state index contributed by atoms with van der Waals surface area (Å²) in [4.78, 5) is 37.2. The molecular formula is C14H14N2O5. The Balaban J connectivity index is 2.31. The van der Waals surface area contributed by atoms with E-state index in [0.717, 1.165) is 0 Å². The summed E-state index contributed by atoms with van der Waals surface area (Å²) in [6.07, 6.45) is -0.112. The highest BCUT2D eigenvalue weighted by molar-refractivity contribution is 5.98. The SMILES string of the molecule is O=C(N[C@H](CCO)C(=O)O)c1cc2ccccc2c(=O)[nH]1. The number of carboxylic acids is 1. The van der Waals surface area contributed by atoms with E-state index in [4.69, 9.17) is 10.2 Å². The molecule has 0 aliphatic carbocycles. The number of aromatic amines is 1. The van der Waals surface area contributed by atoms with Crippen LogP contribution >= 0.6 is 0 Å². The normalized spacial score (nSPS) is 12.0. The van der Waals surface area contributed by atoms with Gasteiger partial charge in [0, 0.05) is 18.4 Å². The van der Waals surface area contributed by atoms with Crippen LogP contribution in [-0.4, -0.2) is 39.7 Å². The van der Waals surface area contributed by atoms with Crippen molar-refractivity contribution in [3.8, 4) is 0 Å². The van der Waals surface area contributed by atoms with E-state index in [-0.39, 0.29) is 18.7 Å². The van der Waals surface area contributed by atoms with E-state index in [1.165, 1.54) is 6.07 Å². The maximum Gasteiger partial charge on any atom is 0.326 e. The lowest BCUT2D eigenvalue weighted by Crippen LogP contribution is -2.42. The lowest BCUT2D eigenvalue weighted by molar-refractivity contribution is -0.139. The van der Waals surface area contributed by atoms with E-state index in [2.05, 4.69) is 10.3 Å². The molecule has 1 amide bonds. The van der Waals surface area contributed by atoms with Gasteiger partial charge in [0.15, 0.2) is 0 Å². The molecule has 4 N–H and O–H groups in total. The maximum absolute atomic E-state index is 12.0. The Hall–Kier alpha value is -2.67. The van der Waals surface area contributed by atoms with Gasteiger partial charge >= 0.3 is 5.97 Å². The number of aliphatic hydroxyl groups is 1. The third kappa shape index (κ3) is 3.26. The van der Waals surface area contributed by atoms with Crippen LogP contribution in [0.5, 0.6) is 0 Å². The van der Waals surface area contributed by atoms with Crippen LogP contribution in [0.4, 0.5) is 0 Å². The minimum absolute atomic E-state index is 0.0251. The number of pyridine rings is 1. The monoisotopic (exact) mass is 290 g/mol. The Bertz CT molecular complexity index is 737. The molecule has 7 nitrogen and oxygen atoms in total. The first kappa shape index (κ1) is 14.7. The zero-order chi connectivity index (χ0) is 15.4. The standard InChI is InChI=1S/C14H14N2O5/c17-6-5-10(14(20)21)15-13(19)11-7-8-3-1-2-4-9(8)12(18)16-11/h1-4,7,10,17H,5-6H2,(H,15,19)(H,16,18)(H,20,21)/t10-/m1/s1. The second-order valence-corrected chi connectivity index (χ2v) is 4.48. The maximum atomic E-state index is 12.0. The summed E-state index contributed by atoms with van der Waals surface area (Å²) in [5.41, 5.74) is -0.449. The molecular weight excluding hydrogens is 276 g/mol. The van der Waals surface area contributed by atoms with Crippen LogP contribution in [0.2, 0.25) is 0 Å². The number of rotatable bonds is 5. The molecule has 0 radical (unpaired) electrons. The molecule has 0 aliphatic rings. The highest BCUT2D eigenvalue weighted by Gasteiger charge is 2.20. The van der Waals surface area contributed by atoms with Gasteiger partial charge in [0.2, 0.25) is 0 Å². The van der Waals surface area contributed by atoms with Gasteiger partial charge in [-0.15, -0.1) is 0 Å². The smallest absolute Gasteiger partial charge is 0.326 e. The summed E-state index contributed by atoms with van der Waals surface area (Å²) in [7, 11) is 0. The Kier molecular flexibility index (Phi) is 4.34. The molecule has 1 heterocycles. The Morgan fingerprint density at radius 2 is 2.00 bits per heavy atom. The summed E-state index contributed by atoms with van der Waals surface area (Å²) in [5, 5.41) is 21.0. The molecule has 0 saturated heterocycles.